The fraction of sp³-hybridized carbons (Fsp3) is 0.654. The number of ether oxygens (including phenoxy) is 1. The zero-order valence-electron chi connectivity index (χ0n) is 21.1. The summed E-state index contributed by atoms with van der Waals surface area (Å²) in [5, 5.41) is 5.52. The van der Waals surface area contributed by atoms with E-state index < -0.39 is 17.7 Å². The summed E-state index contributed by atoms with van der Waals surface area (Å²) in [5.74, 6) is -0.510. The standard InChI is InChI=1S/C26H43N3O4/c1-6-8-10-11-15-19-29(22(30)20-28-25(32)33-26(3,4)5)23(21-16-13-12-14-17-21)24(31)27-18-9-7-2/h12-14,16-17,23H,6-11,15,18-20H2,1-5H3,(H,27,31)(H,28,32). The maximum Gasteiger partial charge on any atom is 0.408 e. The number of amides is 3. The summed E-state index contributed by atoms with van der Waals surface area (Å²) in [5.41, 5.74) is 0.100. The van der Waals surface area contributed by atoms with Gasteiger partial charge in [-0.3, -0.25) is 9.59 Å². The van der Waals surface area contributed by atoms with E-state index in [1.54, 1.807) is 25.7 Å². The lowest BCUT2D eigenvalue weighted by atomic mass is 10.0. The molecule has 0 aliphatic rings. The Balaban J connectivity index is 3.04. The maximum absolute atomic E-state index is 13.3. The van der Waals surface area contributed by atoms with E-state index in [4.69, 9.17) is 4.74 Å². The molecule has 0 aliphatic carbocycles. The molecule has 1 atom stereocenters. The Morgan fingerprint density at radius 3 is 2.15 bits per heavy atom. The predicted molar refractivity (Wildman–Crippen MR) is 132 cm³/mol. The Labute approximate surface area is 199 Å². The third-order valence-electron chi connectivity index (χ3n) is 5.11. The van der Waals surface area contributed by atoms with Crippen molar-refractivity contribution in [2.45, 2.75) is 91.2 Å². The second-order valence-corrected chi connectivity index (χ2v) is 9.31. The quantitative estimate of drug-likeness (QED) is 0.383. The number of carbonyl (C=O) groups excluding carboxylic acids is 3. The monoisotopic (exact) mass is 461 g/mol. The molecule has 0 saturated carbocycles. The van der Waals surface area contributed by atoms with Gasteiger partial charge in [0.05, 0.1) is 0 Å². The largest absolute Gasteiger partial charge is 0.444 e. The van der Waals surface area contributed by atoms with Crippen molar-refractivity contribution in [1.29, 1.82) is 0 Å². The number of rotatable bonds is 14. The van der Waals surface area contributed by atoms with Gasteiger partial charge < -0.3 is 20.3 Å². The van der Waals surface area contributed by atoms with Gasteiger partial charge in [0.2, 0.25) is 11.8 Å². The summed E-state index contributed by atoms with van der Waals surface area (Å²) in [6, 6.07) is 8.60. The van der Waals surface area contributed by atoms with Crippen molar-refractivity contribution in [2.75, 3.05) is 19.6 Å². The first kappa shape index (κ1) is 28.5. The first-order valence-corrected chi connectivity index (χ1v) is 12.3. The highest BCUT2D eigenvalue weighted by Gasteiger charge is 2.31. The van der Waals surface area contributed by atoms with Crippen LogP contribution in [0.1, 0.15) is 91.2 Å². The molecule has 7 heteroatoms. The maximum atomic E-state index is 13.3. The molecule has 1 rings (SSSR count). The van der Waals surface area contributed by atoms with Crippen LogP contribution in [0.2, 0.25) is 0 Å². The van der Waals surface area contributed by atoms with Gasteiger partial charge in [-0.1, -0.05) is 76.3 Å². The molecule has 3 amide bonds. The van der Waals surface area contributed by atoms with Gasteiger partial charge in [0, 0.05) is 13.1 Å². The summed E-state index contributed by atoms with van der Waals surface area (Å²) in [4.78, 5) is 40.1. The van der Waals surface area contributed by atoms with Crippen LogP contribution in [0.3, 0.4) is 0 Å². The minimum absolute atomic E-state index is 0.200. The Morgan fingerprint density at radius 2 is 1.55 bits per heavy atom. The lowest BCUT2D eigenvalue weighted by molar-refractivity contribution is -0.140. The first-order chi connectivity index (χ1) is 15.7. The lowest BCUT2D eigenvalue weighted by Gasteiger charge is -2.32. The van der Waals surface area contributed by atoms with Gasteiger partial charge in [0.15, 0.2) is 0 Å². The van der Waals surface area contributed by atoms with Crippen molar-refractivity contribution in [3.8, 4) is 0 Å². The topological polar surface area (TPSA) is 87.7 Å². The molecule has 1 unspecified atom stereocenters. The number of benzene rings is 1. The molecule has 0 bridgehead atoms. The summed E-state index contributed by atoms with van der Waals surface area (Å²) in [6.45, 7) is 10.3. The van der Waals surface area contributed by atoms with Gasteiger partial charge in [-0.2, -0.15) is 0 Å². The van der Waals surface area contributed by atoms with E-state index in [2.05, 4.69) is 24.5 Å². The molecular weight excluding hydrogens is 418 g/mol. The Morgan fingerprint density at radius 1 is 0.909 bits per heavy atom. The smallest absolute Gasteiger partial charge is 0.408 e. The molecule has 1 aromatic rings. The average molecular weight is 462 g/mol. The van der Waals surface area contributed by atoms with E-state index in [1.807, 2.05) is 30.3 Å². The molecule has 7 nitrogen and oxygen atoms in total. The van der Waals surface area contributed by atoms with E-state index in [1.165, 1.54) is 0 Å². The van der Waals surface area contributed by atoms with Crippen molar-refractivity contribution in [3.05, 3.63) is 35.9 Å². The summed E-state index contributed by atoms with van der Waals surface area (Å²) in [6.07, 6.45) is 6.34. The molecular formula is C26H43N3O4. The minimum atomic E-state index is -0.748. The van der Waals surface area contributed by atoms with Crippen LogP contribution < -0.4 is 10.6 Å². The average Bonchev–Trinajstić information content (AvgIpc) is 2.76. The van der Waals surface area contributed by atoms with E-state index in [-0.39, 0.29) is 18.4 Å². The number of carbonyl (C=O) groups is 3. The number of unbranched alkanes of at least 4 members (excludes halogenated alkanes) is 5. The molecule has 1 aromatic carbocycles. The van der Waals surface area contributed by atoms with Gasteiger partial charge in [0.1, 0.15) is 18.2 Å². The highest BCUT2D eigenvalue weighted by Crippen LogP contribution is 2.22. The van der Waals surface area contributed by atoms with Crippen molar-refractivity contribution >= 4 is 17.9 Å². The third-order valence-corrected chi connectivity index (χ3v) is 5.11. The van der Waals surface area contributed by atoms with Crippen LogP contribution in [0.25, 0.3) is 0 Å². The van der Waals surface area contributed by atoms with Gasteiger partial charge in [0.25, 0.3) is 0 Å². The fourth-order valence-corrected chi connectivity index (χ4v) is 3.44. The SMILES string of the molecule is CCCCCCCN(C(=O)CNC(=O)OC(C)(C)C)C(C(=O)NCCCC)c1ccccc1. The van der Waals surface area contributed by atoms with E-state index in [0.29, 0.717) is 13.1 Å². The number of hydrogen-bond acceptors (Lipinski definition) is 4. The molecule has 0 aromatic heterocycles. The van der Waals surface area contributed by atoms with Crippen LogP contribution in [-0.2, 0) is 14.3 Å². The molecule has 186 valence electrons. The molecule has 2 N–H and O–H groups in total. The van der Waals surface area contributed by atoms with Crippen molar-refractivity contribution in [2.24, 2.45) is 0 Å². The molecule has 0 aliphatic heterocycles. The van der Waals surface area contributed by atoms with Crippen molar-refractivity contribution in [1.82, 2.24) is 15.5 Å². The zero-order chi connectivity index (χ0) is 24.7. The molecule has 0 heterocycles. The van der Waals surface area contributed by atoms with Crippen LogP contribution in [0.5, 0.6) is 0 Å². The van der Waals surface area contributed by atoms with E-state index in [0.717, 1.165) is 50.5 Å². The Bertz CT molecular complexity index is 716. The first-order valence-electron chi connectivity index (χ1n) is 12.3. The second kappa shape index (κ2) is 15.3. The fourth-order valence-electron chi connectivity index (χ4n) is 3.44. The van der Waals surface area contributed by atoms with Gasteiger partial charge in [-0.05, 0) is 39.2 Å². The molecule has 0 radical (unpaired) electrons. The number of nitrogens with one attached hydrogen (secondary N) is 2. The third kappa shape index (κ3) is 11.7. The normalized spacial score (nSPS) is 12.0. The number of alkyl carbamates (subject to hydrolysis) is 1. The molecule has 33 heavy (non-hydrogen) atoms. The van der Waals surface area contributed by atoms with Crippen LogP contribution in [-0.4, -0.2) is 48.0 Å². The van der Waals surface area contributed by atoms with E-state index in [9.17, 15) is 14.4 Å². The summed E-state index contributed by atoms with van der Waals surface area (Å²) in [7, 11) is 0. The van der Waals surface area contributed by atoms with Crippen LogP contribution in [0.4, 0.5) is 4.79 Å². The summed E-state index contributed by atoms with van der Waals surface area (Å²) >= 11 is 0. The Hall–Kier alpha value is -2.57. The lowest BCUT2D eigenvalue weighted by Crippen LogP contribution is -2.48. The molecule has 0 fully saturated rings. The number of hydrogen-bond donors (Lipinski definition) is 2. The van der Waals surface area contributed by atoms with Crippen LogP contribution >= 0.6 is 0 Å². The highest BCUT2D eigenvalue weighted by atomic mass is 16.6. The molecule has 0 saturated heterocycles. The highest BCUT2D eigenvalue weighted by molar-refractivity contribution is 5.90. The minimum Gasteiger partial charge on any atom is -0.444 e. The van der Waals surface area contributed by atoms with Crippen LogP contribution in [0.15, 0.2) is 30.3 Å². The zero-order valence-corrected chi connectivity index (χ0v) is 21.1. The van der Waals surface area contributed by atoms with Gasteiger partial charge in [-0.15, -0.1) is 0 Å². The number of nitrogens with zero attached hydrogens (tertiary/aromatic N) is 1. The Kier molecular flexibility index (Phi) is 13.2. The van der Waals surface area contributed by atoms with Gasteiger partial charge >= 0.3 is 6.09 Å². The predicted octanol–water partition coefficient (Wildman–Crippen LogP) is 4.97. The van der Waals surface area contributed by atoms with Crippen molar-refractivity contribution < 1.29 is 19.1 Å². The second-order valence-electron chi connectivity index (χ2n) is 9.31. The van der Waals surface area contributed by atoms with Crippen molar-refractivity contribution in [3.63, 3.8) is 0 Å². The van der Waals surface area contributed by atoms with Gasteiger partial charge in [-0.25, -0.2) is 4.79 Å². The summed E-state index contributed by atoms with van der Waals surface area (Å²) < 4.78 is 5.25. The van der Waals surface area contributed by atoms with E-state index >= 15 is 0 Å². The van der Waals surface area contributed by atoms with Crippen LogP contribution in [0, 0.1) is 0 Å². The molecule has 0 spiro atoms.